The second-order valence-corrected chi connectivity index (χ2v) is 4.64. The molecule has 0 aliphatic heterocycles. The Morgan fingerprint density at radius 3 is 2.37 bits per heavy atom. The lowest BCUT2D eigenvalue weighted by atomic mass is 9.99. The van der Waals surface area contributed by atoms with Crippen molar-refractivity contribution in [3.63, 3.8) is 0 Å². The standard InChI is InChI=1S/C14H10ClF3O/c1-7-2-3-11(13(18)12(7)17)14(19)8-4-9(15)6-10(16)5-8/h2-6,14,19H,1H3. The smallest absolute Gasteiger partial charge is 0.165 e. The number of hydrogen-bond acceptors (Lipinski definition) is 1. The fourth-order valence-electron chi connectivity index (χ4n) is 1.78. The first-order chi connectivity index (χ1) is 8.90. The zero-order valence-corrected chi connectivity index (χ0v) is 10.7. The summed E-state index contributed by atoms with van der Waals surface area (Å²) in [5.74, 6) is -2.83. The third kappa shape index (κ3) is 2.74. The van der Waals surface area contributed by atoms with Gasteiger partial charge in [0.15, 0.2) is 11.6 Å². The summed E-state index contributed by atoms with van der Waals surface area (Å²) in [5, 5.41) is 10.1. The van der Waals surface area contributed by atoms with Gasteiger partial charge in [0.25, 0.3) is 0 Å². The molecule has 100 valence electrons. The maximum atomic E-state index is 13.7. The maximum Gasteiger partial charge on any atom is 0.165 e. The first-order valence-electron chi connectivity index (χ1n) is 5.48. The van der Waals surface area contributed by atoms with E-state index in [1.54, 1.807) is 0 Å². The summed E-state index contributed by atoms with van der Waals surface area (Å²) < 4.78 is 40.4. The monoisotopic (exact) mass is 286 g/mol. The number of hydrogen-bond donors (Lipinski definition) is 1. The summed E-state index contributed by atoms with van der Waals surface area (Å²) >= 11 is 5.66. The molecule has 0 spiro atoms. The van der Waals surface area contributed by atoms with Gasteiger partial charge in [-0.15, -0.1) is 0 Å². The van der Waals surface area contributed by atoms with Crippen molar-refractivity contribution < 1.29 is 18.3 Å². The van der Waals surface area contributed by atoms with Crippen LogP contribution in [0.5, 0.6) is 0 Å². The zero-order chi connectivity index (χ0) is 14.2. The van der Waals surface area contributed by atoms with Gasteiger partial charge in [-0.1, -0.05) is 23.7 Å². The Labute approximate surface area is 113 Å². The van der Waals surface area contributed by atoms with Crippen LogP contribution in [0, 0.1) is 24.4 Å². The SMILES string of the molecule is Cc1ccc(C(O)c2cc(F)cc(Cl)c2)c(F)c1F. The van der Waals surface area contributed by atoms with Gasteiger partial charge in [-0.2, -0.15) is 0 Å². The van der Waals surface area contributed by atoms with Crippen molar-refractivity contribution in [2.24, 2.45) is 0 Å². The highest BCUT2D eigenvalue weighted by Crippen LogP contribution is 2.29. The Morgan fingerprint density at radius 1 is 1.05 bits per heavy atom. The molecule has 1 N–H and O–H groups in total. The molecule has 0 saturated carbocycles. The number of rotatable bonds is 2. The highest BCUT2D eigenvalue weighted by molar-refractivity contribution is 6.30. The van der Waals surface area contributed by atoms with Crippen LogP contribution in [-0.4, -0.2) is 5.11 Å². The Hall–Kier alpha value is -1.52. The molecule has 0 bridgehead atoms. The van der Waals surface area contributed by atoms with Crippen LogP contribution in [-0.2, 0) is 0 Å². The van der Waals surface area contributed by atoms with Gasteiger partial charge in [-0.3, -0.25) is 0 Å². The molecule has 2 rings (SSSR count). The summed E-state index contributed by atoms with van der Waals surface area (Å²) in [6.45, 7) is 1.41. The summed E-state index contributed by atoms with van der Waals surface area (Å²) in [5.41, 5.74) is -0.0670. The van der Waals surface area contributed by atoms with Gasteiger partial charge in [0, 0.05) is 10.6 Å². The maximum absolute atomic E-state index is 13.7. The zero-order valence-electron chi connectivity index (χ0n) is 9.92. The molecule has 2 aromatic carbocycles. The second-order valence-electron chi connectivity index (χ2n) is 4.20. The summed E-state index contributed by atoms with van der Waals surface area (Å²) in [7, 11) is 0. The van der Waals surface area contributed by atoms with Gasteiger partial charge in [0.1, 0.15) is 11.9 Å². The van der Waals surface area contributed by atoms with Gasteiger partial charge in [0.2, 0.25) is 0 Å². The van der Waals surface area contributed by atoms with E-state index < -0.39 is 23.6 Å². The van der Waals surface area contributed by atoms with Crippen molar-refractivity contribution in [3.05, 3.63) is 69.5 Å². The lowest BCUT2D eigenvalue weighted by molar-refractivity contribution is 0.212. The van der Waals surface area contributed by atoms with Crippen LogP contribution in [0.4, 0.5) is 13.2 Å². The van der Waals surface area contributed by atoms with E-state index in [0.717, 1.165) is 12.1 Å². The molecular weight excluding hydrogens is 277 g/mol. The number of aliphatic hydroxyl groups excluding tert-OH is 1. The topological polar surface area (TPSA) is 20.2 Å². The van der Waals surface area contributed by atoms with Crippen LogP contribution >= 0.6 is 11.6 Å². The van der Waals surface area contributed by atoms with E-state index in [4.69, 9.17) is 11.6 Å². The minimum Gasteiger partial charge on any atom is -0.384 e. The van der Waals surface area contributed by atoms with E-state index in [2.05, 4.69) is 0 Å². The van der Waals surface area contributed by atoms with Crippen LogP contribution in [0.2, 0.25) is 5.02 Å². The van der Waals surface area contributed by atoms with E-state index in [1.807, 2.05) is 0 Å². The molecule has 0 saturated heterocycles. The van der Waals surface area contributed by atoms with Crippen LogP contribution in [0.1, 0.15) is 22.8 Å². The molecule has 5 heteroatoms. The van der Waals surface area contributed by atoms with Gasteiger partial charge in [-0.25, -0.2) is 13.2 Å². The molecule has 2 aromatic rings. The Morgan fingerprint density at radius 2 is 1.74 bits per heavy atom. The number of aliphatic hydroxyl groups is 1. The van der Waals surface area contributed by atoms with Crippen LogP contribution < -0.4 is 0 Å². The van der Waals surface area contributed by atoms with Crippen molar-refractivity contribution in [2.45, 2.75) is 13.0 Å². The lowest BCUT2D eigenvalue weighted by Gasteiger charge is -2.14. The fraction of sp³-hybridized carbons (Fsp3) is 0.143. The van der Waals surface area contributed by atoms with E-state index >= 15 is 0 Å². The number of benzene rings is 2. The van der Waals surface area contributed by atoms with E-state index in [0.29, 0.717) is 0 Å². The molecular formula is C14H10ClF3O. The minimum absolute atomic E-state index is 0.0622. The molecule has 0 aliphatic rings. The Bertz CT molecular complexity index is 608. The van der Waals surface area contributed by atoms with Crippen molar-refractivity contribution in [1.82, 2.24) is 0 Å². The summed E-state index contributed by atoms with van der Waals surface area (Å²) in [6.07, 6.45) is -1.48. The first kappa shape index (κ1) is 13.9. The molecule has 0 aliphatic carbocycles. The minimum atomic E-state index is -1.48. The highest BCUT2D eigenvalue weighted by atomic mass is 35.5. The van der Waals surface area contributed by atoms with Gasteiger partial charge in [0.05, 0.1) is 0 Å². The average Bonchev–Trinajstić information content (AvgIpc) is 2.34. The van der Waals surface area contributed by atoms with Gasteiger partial charge >= 0.3 is 0 Å². The molecule has 1 nitrogen and oxygen atoms in total. The third-order valence-electron chi connectivity index (χ3n) is 2.80. The molecule has 0 amide bonds. The quantitative estimate of drug-likeness (QED) is 0.879. The van der Waals surface area contributed by atoms with E-state index in [1.165, 1.54) is 25.1 Å². The summed E-state index contributed by atoms with van der Waals surface area (Å²) in [6, 6.07) is 5.99. The largest absolute Gasteiger partial charge is 0.384 e. The molecule has 0 heterocycles. The van der Waals surface area contributed by atoms with Gasteiger partial charge < -0.3 is 5.11 Å². The number of halogens is 4. The molecule has 0 radical (unpaired) electrons. The molecule has 19 heavy (non-hydrogen) atoms. The highest BCUT2D eigenvalue weighted by Gasteiger charge is 2.20. The van der Waals surface area contributed by atoms with Crippen molar-refractivity contribution >= 4 is 11.6 Å². The van der Waals surface area contributed by atoms with E-state index in [-0.39, 0.29) is 21.7 Å². The van der Waals surface area contributed by atoms with Gasteiger partial charge in [-0.05, 0) is 36.2 Å². The van der Waals surface area contributed by atoms with Crippen molar-refractivity contribution in [3.8, 4) is 0 Å². The lowest BCUT2D eigenvalue weighted by Crippen LogP contribution is -2.05. The van der Waals surface area contributed by atoms with Crippen LogP contribution in [0.3, 0.4) is 0 Å². The molecule has 1 atom stereocenters. The molecule has 0 aromatic heterocycles. The predicted octanol–water partition coefficient (Wildman–Crippen LogP) is 4.15. The average molecular weight is 287 g/mol. The predicted molar refractivity (Wildman–Crippen MR) is 66.6 cm³/mol. The summed E-state index contributed by atoms with van der Waals surface area (Å²) in [4.78, 5) is 0. The number of aryl methyl sites for hydroxylation is 1. The first-order valence-corrected chi connectivity index (χ1v) is 5.86. The van der Waals surface area contributed by atoms with E-state index in [9.17, 15) is 18.3 Å². The van der Waals surface area contributed by atoms with Crippen molar-refractivity contribution in [2.75, 3.05) is 0 Å². The molecule has 1 unspecified atom stereocenters. The molecule has 0 fully saturated rings. The van der Waals surface area contributed by atoms with Crippen LogP contribution in [0.15, 0.2) is 30.3 Å². The Kier molecular flexibility index (Phi) is 3.83. The second kappa shape index (κ2) is 5.23. The fourth-order valence-corrected chi connectivity index (χ4v) is 2.01. The third-order valence-corrected chi connectivity index (χ3v) is 3.02. The van der Waals surface area contributed by atoms with Crippen LogP contribution in [0.25, 0.3) is 0 Å². The normalized spacial score (nSPS) is 12.5. The Balaban J connectivity index is 2.50. The van der Waals surface area contributed by atoms with Crippen molar-refractivity contribution in [1.29, 1.82) is 0 Å².